The van der Waals surface area contributed by atoms with Crippen LogP contribution < -0.4 is 21.3 Å². The number of amides is 1. The van der Waals surface area contributed by atoms with Crippen molar-refractivity contribution < 1.29 is 9.53 Å². The van der Waals surface area contributed by atoms with E-state index in [0.717, 1.165) is 21.7 Å². The summed E-state index contributed by atoms with van der Waals surface area (Å²) in [7, 11) is 0. The molecule has 2 aromatic carbocycles. The van der Waals surface area contributed by atoms with Gasteiger partial charge in [-0.3, -0.25) is 14.2 Å². The fourth-order valence-corrected chi connectivity index (χ4v) is 5.19. The zero-order chi connectivity index (χ0) is 23.4. The third-order valence-electron chi connectivity index (χ3n) is 4.75. The number of thioether (sulfide) groups is 1. The Bertz CT molecular complexity index is 1340. The van der Waals surface area contributed by atoms with Crippen molar-refractivity contribution in [3.63, 3.8) is 0 Å². The van der Waals surface area contributed by atoms with Gasteiger partial charge in [-0.15, -0.1) is 0 Å². The first kappa shape index (κ1) is 22.8. The Balaban J connectivity index is 1.58. The molecule has 1 atom stereocenters. The lowest BCUT2D eigenvalue weighted by atomic mass is 10.3. The van der Waals surface area contributed by atoms with E-state index >= 15 is 0 Å². The Kier molecular flexibility index (Phi) is 6.95. The first-order chi connectivity index (χ1) is 16.0. The summed E-state index contributed by atoms with van der Waals surface area (Å²) in [5.41, 5.74) is 7.24. The van der Waals surface area contributed by atoms with Gasteiger partial charge < -0.3 is 15.8 Å². The van der Waals surface area contributed by atoms with Gasteiger partial charge >= 0.3 is 0 Å². The molecule has 0 radical (unpaired) electrons. The topological polar surface area (TPSA) is 112 Å². The van der Waals surface area contributed by atoms with Crippen molar-refractivity contribution in [2.75, 3.05) is 17.7 Å². The average Bonchev–Trinajstić information content (AvgIpc) is 3.19. The summed E-state index contributed by atoms with van der Waals surface area (Å²) in [5.74, 6) is 0.804. The van der Waals surface area contributed by atoms with E-state index in [1.165, 1.54) is 29.2 Å². The number of para-hydroxylation sites is 1. The second-order valence-corrected chi connectivity index (χ2v) is 9.26. The summed E-state index contributed by atoms with van der Waals surface area (Å²) < 4.78 is 8.14. The number of thiazole rings is 1. The van der Waals surface area contributed by atoms with Gasteiger partial charge in [-0.25, -0.2) is 4.98 Å². The number of carbonyl (C=O) groups excluding carboxylic acids is 1. The predicted octanol–water partition coefficient (Wildman–Crippen LogP) is 4.33. The van der Waals surface area contributed by atoms with Crippen molar-refractivity contribution >= 4 is 50.2 Å². The van der Waals surface area contributed by atoms with Crippen LogP contribution in [0.5, 0.6) is 5.75 Å². The van der Waals surface area contributed by atoms with Gasteiger partial charge in [0.25, 0.3) is 5.56 Å². The minimum atomic E-state index is -0.500. The number of rotatable bonds is 8. The smallest absolute Gasteiger partial charge is 0.275 e. The predicted molar refractivity (Wildman–Crippen MR) is 134 cm³/mol. The summed E-state index contributed by atoms with van der Waals surface area (Å²) >= 11 is 2.58. The summed E-state index contributed by atoms with van der Waals surface area (Å²) in [4.78, 5) is 33.8. The summed E-state index contributed by atoms with van der Waals surface area (Å²) in [6.07, 6.45) is 0.523. The molecule has 4 rings (SSSR count). The van der Waals surface area contributed by atoms with Crippen molar-refractivity contribution in [3.05, 3.63) is 65.0 Å². The van der Waals surface area contributed by atoms with E-state index in [1.54, 1.807) is 4.57 Å². The molecule has 3 N–H and O–H groups in total. The molecule has 0 aliphatic carbocycles. The standard InChI is InChI=1S/C23H23N5O3S2/c1-3-17(21(30)27-22-25-16-11-10-15(31-4-2)12-18(16)32-22)33-23-26-20(29)13-19(24)28(23)14-8-6-5-7-9-14/h5-13,17H,3-4,24H2,1-2H3,(H,25,27,30)/t17-/m1/s1. The van der Waals surface area contributed by atoms with Crippen LogP contribution in [0.1, 0.15) is 20.3 Å². The van der Waals surface area contributed by atoms with Gasteiger partial charge in [0.1, 0.15) is 11.6 Å². The molecule has 1 amide bonds. The molecule has 170 valence electrons. The molecule has 2 aromatic heterocycles. The highest BCUT2D eigenvalue weighted by molar-refractivity contribution is 8.00. The second kappa shape index (κ2) is 10.1. The molecule has 0 unspecified atom stereocenters. The van der Waals surface area contributed by atoms with Gasteiger partial charge in [-0.2, -0.15) is 4.98 Å². The summed E-state index contributed by atoms with van der Waals surface area (Å²) in [6, 6.07) is 16.3. The van der Waals surface area contributed by atoms with Crippen LogP contribution in [0.3, 0.4) is 0 Å². The third kappa shape index (κ3) is 5.18. The van der Waals surface area contributed by atoms with Gasteiger partial charge in [0.15, 0.2) is 10.3 Å². The zero-order valence-corrected chi connectivity index (χ0v) is 19.8. The number of anilines is 2. The highest BCUT2D eigenvalue weighted by Gasteiger charge is 2.23. The van der Waals surface area contributed by atoms with E-state index in [0.29, 0.717) is 23.3 Å². The van der Waals surface area contributed by atoms with Gasteiger partial charge in [-0.05, 0) is 43.7 Å². The lowest BCUT2D eigenvalue weighted by molar-refractivity contribution is -0.115. The van der Waals surface area contributed by atoms with Gasteiger partial charge in [0, 0.05) is 11.8 Å². The second-order valence-electron chi connectivity index (χ2n) is 7.06. The van der Waals surface area contributed by atoms with Crippen LogP contribution in [0.15, 0.2) is 64.5 Å². The normalized spacial score (nSPS) is 11.9. The number of hydrogen-bond donors (Lipinski definition) is 2. The fraction of sp³-hybridized carbons (Fsp3) is 0.217. The van der Waals surface area contributed by atoms with E-state index in [2.05, 4.69) is 15.3 Å². The van der Waals surface area contributed by atoms with Crippen LogP contribution in [0.25, 0.3) is 15.9 Å². The molecule has 10 heteroatoms. The molecular weight excluding hydrogens is 458 g/mol. The number of benzene rings is 2. The lowest BCUT2D eigenvalue weighted by Crippen LogP contribution is -2.26. The minimum Gasteiger partial charge on any atom is -0.494 e. The number of ether oxygens (including phenoxy) is 1. The molecule has 0 aliphatic heterocycles. The molecule has 0 saturated heterocycles. The number of nitrogen functional groups attached to an aromatic ring is 1. The van der Waals surface area contributed by atoms with E-state index in [4.69, 9.17) is 10.5 Å². The Hall–Kier alpha value is -3.37. The highest BCUT2D eigenvalue weighted by atomic mass is 32.2. The Labute approximate surface area is 198 Å². The van der Waals surface area contributed by atoms with Crippen LogP contribution in [0.4, 0.5) is 10.9 Å². The van der Waals surface area contributed by atoms with Gasteiger partial charge in [0.05, 0.1) is 22.1 Å². The Morgan fingerprint density at radius 1 is 1.18 bits per heavy atom. The van der Waals surface area contributed by atoms with Gasteiger partial charge in [-0.1, -0.05) is 48.2 Å². The van der Waals surface area contributed by atoms with E-state index < -0.39 is 10.8 Å². The molecule has 0 spiro atoms. The SMILES string of the molecule is CCOc1ccc2nc(NC(=O)[C@@H](CC)Sc3nc(=O)cc(N)n3-c3ccccc3)sc2c1. The highest BCUT2D eigenvalue weighted by Crippen LogP contribution is 2.31. The summed E-state index contributed by atoms with van der Waals surface area (Å²) in [6.45, 7) is 4.41. The molecule has 0 aliphatic rings. The van der Waals surface area contributed by atoms with Crippen molar-refractivity contribution in [2.45, 2.75) is 30.7 Å². The van der Waals surface area contributed by atoms with Crippen LogP contribution >= 0.6 is 23.1 Å². The fourth-order valence-electron chi connectivity index (χ4n) is 3.24. The van der Waals surface area contributed by atoms with Crippen molar-refractivity contribution in [1.29, 1.82) is 0 Å². The molecule has 0 fully saturated rings. The summed E-state index contributed by atoms with van der Waals surface area (Å²) in [5, 5.41) is 3.27. The monoisotopic (exact) mass is 481 g/mol. The molecule has 2 heterocycles. The maximum absolute atomic E-state index is 13.1. The van der Waals surface area contributed by atoms with E-state index in [9.17, 15) is 9.59 Å². The number of nitrogens with two attached hydrogens (primary N) is 1. The molecule has 0 bridgehead atoms. The molecule has 4 aromatic rings. The maximum atomic E-state index is 13.1. The number of fused-ring (bicyclic) bond motifs is 1. The number of nitrogens with zero attached hydrogens (tertiary/aromatic N) is 3. The number of hydrogen-bond acceptors (Lipinski definition) is 8. The van der Waals surface area contributed by atoms with E-state index in [1.807, 2.05) is 62.4 Å². The van der Waals surface area contributed by atoms with Crippen LogP contribution in [-0.4, -0.2) is 32.3 Å². The largest absolute Gasteiger partial charge is 0.494 e. The quantitative estimate of drug-likeness (QED) is 0.284. The van der Waals surface area contributed by atoms with Crippen molar-refractivity contribution in [2.24, 2.45) is 0 Å². The van der Waals surface area contributed by atoms with E-state index in [-0.39, 0.29) is 11.7 Å². The zero-order valence-electron chi connectivity index (χ0n) is 18.1. The van der Waals surface area contributed by atoms with Crippen LogP contribution in [0.2, 0.25) is 0 Å². The molecular formula is C23H23N5O3S2. The lowest BCUT2D eigenvalue weighted by Gasteiger charge is -2.18. The minimum absolute atomic E-state index is 0.220. The number of carbonyl (C=O) groups is 1. The molecule has 0 saturated carbocycles. The molecule has 33 heavy (non-hydrogen) atoms. The third-order valence-corrected chi connectivity index (χ3v) is 7.00. The average molecular weight is 482 g/mol. The number of aromatic nitrogens is 3. The number of nitrogens with one attached hydrogen (secondary N) is 1. The van der Waals surface area contributed by atoms with Crippen LogP contribution in [-0.2, 0) is 4.79 Å². The first-order valence-corrected chi connectivity index (χ1v) is 12.1. The van der Waals surface area contributed by atoms with Crippen LogP contribution in [0, 0.1) is 0 Å². The Morgan fingerprint density at radius 3 is 2.70 bits per heavy atom. The Morgan fingerprint density at radius 2 is 1.97 bits per heavy atom. The van der Waals surface area contributed by atoms with Crippen molar-refractivity contribution in [1.82, 2.24) is 14.5 Å². The maximum Gasteiger partial charge on any atom is 0.275 e. The first-order valence-electron chi connectivity index (χ1n) is 10.4. The van der Waals surface area contributed by atoms with Crippen molar-refractivity contribution in [3.8, 4) is 11.4 Å². The molecule has 8 nitrogen and oxygen atoms in total. The van der Waals surface area contributed by atoms with Gasteiger partial charge in [0.2, 0.25) is 5.91 Å².